The lowest BCUT2D eigenvalue weighted by Crippen LogP contribution is -2.08. The summed E-state index contributed by atoms with van der Waals surface area (Å²) < 4.78 is 0. The second-order valence-corrected chi connectivity index (χ2v) is 6.12. The minimum absolute atomic E-state index is 0.0751. The highest BCUT2D eigenvalue weighted by molar-refractivity contribution is 7.99. The predicted octanol–water partition coefficient (Wildman–Crippen LogP) is 3.74. The van der Waals surface area contributed by atoms with Gasteiger partial charge in [0.25, 0.3) is 0 Å². The Balaban J connectivity index is 2.53. The lowest BCUT2D eigenvalue weighted by atomic mass is 9.93. The van der Waals surface area contributed by atoms with Crippen molar-refractivity contribution in [2.45, 2.75) is 38.1 Å². The summed E-state index contributed by atoms with van der Waals surface area (Å²) in [5.74, 6) is 0.961. The van der Waals surface area contributed by atoms with E-state index in [0.717, 1.165) is 17.7 Å². The Morgan fingerprint density at radius 3 is 2.76 bits per heavy atom. The van der Waals surface area contributed by atoms with Crippen molar-refractivity contribution in [3.8, 4) is 6.07 Å². The van der Waals surface area contributed by atoms with Gasteiger partial charge in [-0.15, -0.1) is 11.8 Å². The Kier molecular flexibility index (Phi) is 5.04. The maximum Gasteiger partial charge on any atom is 0.0684 e. The number of thioether (sulfide) groups is 1. The van der Waals surface area contributed by atoms with E-state index >= 15 is 0 Å². The van der Waals surface area contributed by atoms with E-state index in [-0.39, 0.29) is 11.5 Å². The molecule has 1 rings (SSSR count). The topological polar surface area (TPSA) is 49.8 Å². The van der Waals surface area contributed by atoms with Crippen LogP contribution in [0.25, 0.3) is 0 Å². The summed E-state index contributed by atoms with van der Waals surface area (Å²) in [5, 5.41) is 8.93. The summed E-state index contributed by atoms with van der Waals surface area (Å²) in [7, 11) is 0. The number of hydrogen-bond acceptors (Lipinski definition) is 3. The molecular formula is C14H20N2S. The van der Waals surface area contributed by atoms with E-state index in [1.54, 1.807) is 11.8 Å². The first-order valence-corrected chi connectivity index (χ1v) is 6.83. The maximum absolute atomic E-state index is 8.93. The van der Waals surface area contributed by atoms with E-state index < -0.39 is 0 Å². The van der Waals surface area contributed by atoms with Crippen LogP contribution in [-0.2, 0) is 0 Å². The van der Waals surface area contributed by atoms with Gasteiger partial charge in [-0.25, -0.2) is 0 Å². The molecule has 17 heavy (non-hydrogen) atoms. The summed E-state index contributed by atoms with van der Waals surface area (Å²) in [5.41, 5.74) is 6.78. The fourth-order valence-electron chi connectivity index (χ4n) is 1.37. The number of nitrogens with two attached hydrogens (primary N) is 1. The third-order valence-corrected chi connectivity index (χ3v) is 3.68. The first-order chi connectivity index (χ1) is 7.94. The van der Waals surface area contributed by atoms with Gasteiger partial charge in [0.05, 0.1) is 11.5 Å². The average molecular weight is 248 g/mol. The van der Waals surface area contributed by atoms with Crippen molar-refractivity contribution < 1.29 is 0 Å². The molecule has 0 aliphatic rings. The van der Waals surface area contributed by atoms with E-state index in [9.17, 15) is 0 Å². The first-order valence-electron chi connectivity index (χ1n) is 5.84. The number of benzene rings is 1. The average Bonchev–Trinajstić information content (AvgIpc) is 2.29. The quantitative estimate of drug-likeness (QED) is 0.808. The second-order valence-electron chi connectivity index (χ2n) is 4.96. The van der Waals surface area contributed by atoms with Gasteiger partial charge in [0.1, 0.15) is 0 Å². The Hall–Kier alpha value is -0.980. The molecule has 1 aromatic carbocycles. The van der Waals surface area contributed by atoms with Crippen LogP contribution in [0.3, 0.4) is 0 Å². The van der Waals surface area contributed by atoms with Gasteiger partial charge in [-0.1, -0.05) is 12.1 Å². The normalized spacial score (nSPS) is 13.1. The SMILES string of the molecule is CC(N)c1cccc(SCCC(C)(C)C#N)c1. The number of rotatable bonds is 5. The van der Waals surface area contributed by atoms with Crippen molar-refractivity contribution in [3.63, 3.8) is 0 Å². The van der Waals surface area contributed by atoms with Crippen LogP contribution in [0.1, 0.15) is 38.8 Å². The summed E-state index contributed by atoms with van der Waals surface area (Å²) in [6.45, 7) is 5.94. The molecular weight excluding hydrogens is 228 g/mol. The fourth-order valence-corrected chi connectivity index (χ4v) is 2.61. The van der Waals surface area contributed by atoms with Crippen LogP contribution in [-0.4, -0.2) is 5.75 Å². The molecule has 3 heteroatoms. The van der Waals surface area contributed by atoms with E-state index in [4.69, 9.17) is 11.0 Å². The minimum Gasteiger partial charge on any atom is -0.324 e. The van der Waals surface area contributed by atoms with Crippen LogP contribution in [0, 0.1) is 16.7 Å². The molecule has 1 aromatic rings. The minimum atomic E-state index is -0.230. The van der Waals surface area contributed by atoms with Gasteiger partial charge in [-0.2, -0.15) is 5.26 Å². The molecule has 0 amide bonds. The molecule has 0 radical (unpaired) electrons. The van der Waals surface area contributed by atoms with Gasteiger partial charge in [-0.3, -0.25) is 0 Å². The van der Waals surface area contributed by atoms with Crippen LogP contribution >= 0.6 is 11.8 Å². The zero-order chi connectivity index (χ0) is 12.9. The molecule has 0 bridgehead atoms. The second kappa shape index (κ2) is 6.09. The highest BCUT2D eigenvalue weighted by atomic mass is 32.2. The molecule has 0 heterocycles. The molecule has 0 aliphatic heterocycles. The molecule has 0 fully saturated rings. The monoisotopic (exact) mass is 248 g/mol. The maximum atomic E-state index is 8.93. The molecule has 0 aromatic heterocycles. The Morgan fingerprint density at radius 2 is 2.18 bits per heavy atom. The van der Waals surface area contributed by atoms with Crippen LogP contribution in [0.4, 0.5) is 0 Å². The van der Waals surface area contributed by atoms with E-state index in [1.807, 2.05) is 32.9 Å². The molecule has 2 nitrogen and oxygen atoms in total. The summed E-state index contributed by atoms with van der Waals surface area (Å²) in [4.78, 5) is 1.23. The molecule has 0 saturated heterocycles. The fraction of sp³-hybridized carbons (Fsp3) is 0.500. The predicted molar refractivity (Wildman–Crippen MR) is 73.8 cm³/mol. The van der Waals surface area contributed by atoms with Crippen molar-refractivity contribution in [1.82, 2.24) is 0 Å². The third kappa shape index (κ3) is 4.80. The molecule has 92 valence electrons. The molecule has 1 atom stereocenters. The van der Waals surface area contributed by atoms with Gasteiger partial charge in [-0.05, 0) is 50.6 Å². The Labute approximate surface area is 108 Å². The summed E-state index contributed by atoms with van der Waals surface area (Å²) >= 11 is 1.79. The zero-order valence-electron chi connectivity index (χ0n) is 10.7. The van der Waals surface area contributed by atoms with Crippen LogP contribution < -0.4 is 5.73 Å². The molecule has 0 aliphatic carbocycles. The zero-order valence-corrected chi connectivity index (χ0v) is 11.6. The van der Waals surface area contributed by atoms with E-state index in [1.165, 1.54) is 4.90 Å². The molecule has 0 spiro atoms. The largest absolute Gasteiger partial charge is 0.324 e. The van der Waals surface area contributed by atoms with E-state index in [0.29, 0.717) is 0 Å². The highest BCUT2D eigenvalue weighted by Gasteiger charge is 2.15. The Bertz CT molecular complexity index is 405. The number of hydrogen-bond donors (Lipinski definition) is 1. The van der Waals surface area contributed by atoms with Gasteiger partial charge in [0.15, 0.2) is 0 Å². The van der Waals surface area contributed by atoms with Crippen molar-refractivity contribution in [2.75, 3.05) is 5.75 Å². The molecule has 2 N–H and O–H groups in total. The van der Waals surface area contributed by atoms with Crippen molar-refractivity contribution in [1.29, 1.82) is 5.26 Å². The van der Waals surface area contributed by atoms with Gasteiger partial charge in [0, 0.05) is 10.9 Å². The van der Waals surface area contributed by atoms with Crippen molar-refractivity contribution >= 4 is 11.8 Å². The third-order valence-electron chi connectivity index (χ3n) is 2.68. The summed E-state index contributed by atoms with van der Waals surface area (Å²) in [6, 6.07) is 10.7. The van der Waals surface area contributed by atoms with Crippen LogP contribution in [0.2, 0.25) is 0 Å². The lowest BCUT2D eigenvalue weighted by molar-refractivity contribution is 0.482. The smallest absolute Gasteiger partial charge is 0.0684 e. The van der Waals surface area contributed by atoms with Crippen LogP contribution in [0.15, 0.2) is 29.2 Å². The lowest BCUT2D eigenvalue weighted by Gasteiger charge is -2.14. The van der Waals surface area contributed by atoms with Crippen molar-refractivity contribution in [3.05, 3.63) is 29.8 Å². The highest BCUT2D eigenvalue weighted by Crippen LogP contribution is 2.27. The number of nitriles is 1. The Morgan fingerprint density at radius 1 is 1.47 bits per heavy atom. The van der Waals surface area contributed by atoms with Gasteiger partial charge < -0.3 is 5.73 Å². The standard InChI is InChI=1S/C14H20N2S/c1-11(16)12-5-4-6-13(9-12)17-8-7-14(2,3)10-15/h4-6,9,11H,7-8,16H2,1-3H3. The van der Waals surface area contributed by atoms with Gasteiger partial charge in [0.2, 0.25) is 0 Å². The van der Waals surface area contributed by atoms with Crippen molar-refractivity contribution in [2.24, 2.45) is 11.1 Å². The number of nitrogens with zero attached hydrogens (tertiary/aromatic N) is 1. The van der Waals surface area contributed by atoms with E-state index in [2.05, 4.69) is 18.2 Å². The van der Waals surface area contributed by atoms with Crippen LogP contribution in [0.5, 0.6) is 0 Å². The van der Waals surface area contributed by atoms with Gasteiger partial charge >= 0.3 is 0 Å². The molecule has 1 unspecified atom stereocenters. The first kappa shape index (κ1) is 14.1. The molecule has 0 saturated carbocycles. The summed E-state index contributed by atoms with van der Waals surface area (Å²) in [6.07, 6.45) is 0.899.